The van der Waals surface area contributed by atoms with Crippen LogP contribution in [0.5, 0.6) is 0 Å². The summed E-state index contributed by atoms with van der Waals surface area (Å²) in [6.07, 6.45) is 0.431. The maximum Gasteiger partial charge on any atom is 0.295 e. The number of rotatable bonds is 5. The van der Waals surface area contributed by atoms with Gasteiger partial charge in [-0.1, -0.05) is 0 Å². The fourth-order valence-corrected chi connectivity index (χ4v) is 1.63. The van der Waals surface area contributed by atoms with E-state index in [1.807, 2.05) is 13.8 Å². The molecule has 18 heavy (non-hydrogen) atoms. The highest BCUT2D eigenvalue weighted by molar-refractivity contribution is 5.64. The van der Waals surface area contributed by atoms with Crippen LogP contribution in [0.15, 0.2) is 12.1 Å². The van der Waals surface area contributed by atoms with Gasteiger partial charge in [-0.05, 0) is 38.8 Å². The van der Waals surface area contributed by atoms with Crippen LogP contribution in [-0.4, -0.2) is 22.2 Å². The lowest BCUT2D eigenvalue weighted by molar-refractivity contribution is -0.384. The molecule has 0 aromatic heterocycles. The smallest absolute Gasteiger partial charge is 0.295 e. The fourth-order valence-electron chi connectivity index (χ4n) is 1.63. The summed E-state index contributed by atoms with van der Waals surface area (Å²) in [5, 5.41) is 22.8. The summed E-state index contributed by atoms with van der Waals surface area (Å²) in [6, 6.07) is 2.32. The van der Waals surface area contributed by atoms with Gasteiger partial charge in [-0.2, -0.15) is 0 Å². The number of benzene rings is 1. The first-order chi connectivity index (χ1) is 8.26. The Morgan fingerprint density at radius 3 is 2.61 bits per heavy atom. The Labute approximate surface area is 105 Å². The number of hydrogen-bond acceptors (Lipinski definition) is 4. The number of nitro benzene ring substituents is 1. The van der Waals surface area contributed by atoms with E-state index in [1.54, 1.807) is 6.92 Å². The quantitative estimate of drug-likeness (QED) is 0.627. The van der Waals surface area contributed by atoms with Crippen LogP contribution in [0, 0.1) is 22.9 Å². The summed E-state index contributed by atoms with van der Waals surface area (Å²) in [7, 11) is 0. The summed E-state index contributed by atoms with van der Waals surface area (Å²) in [5.41, 5.74) is -0.214. The van der Waals surface area contributed by atoms with E-state index in [0.717, 1.165) is 6.07 Å². The number of aliphatic hydroxyl groups is 1. The monoisotopic (exact) mass is 256 g/mol. The van der Waals surface area contributed by atoms with Gasteiger partial charge in [0.1, 0.15) is 11.5 Å². The fraction of sp³-hybridized carbons (Fsp3) is 0.500. The molecule has 0 aliphatic rings. The minimum Gasteiger partial charge on any atom is -0.396 e. The SMILES string of the molecule is Cc1cc(NC(C)(C)CCO)c([N+](=O)[O-])cc1F. The predicted molar refractivity (Wildman–Crippen MR) is 67.2 cm³/mol. The first-order valence-electron chi connectivity index (χ1n) is 5.60. The van der Waals surface area contributed by atoms with Crippen molar-refractivity contribution in [3.05, 3.63) is 33.6 Å². The second-order valence-corrected chi connectivity index (χ2v) is 4.86. The Bertz CT molecular complexity index is 461. The lowest BCUT2D eigenvalue weighted by Gasteiger charge is -2.26. The van der Waals surface area contributed by atoms with Gasteiger partial charge in [-0.25, -0.2) is 4.39 Å². The Balaban J connectivity index is 3.15. The maximum absolute atomic E-state index is 13.3. The molecule has 1 aromatic rings. The molecule has 0 atom stereocenters. The van der Waals surface area contributed by atoms with Gasteiger partial charge in [0, 0.05) is 12.1 Å². The molecule has 0 amide bonds. The second kappa shape index (κ2) is 5.30. The number of aliphatic hydroxyl groups excluding tert-OH is 1. The van der Waals surface area contributed by atoms with E-state index in [1.165, 1.54) is 6.07 Å². The van der Waals surface area contributed by atoms with Crippen LogP contribution in [-0.2, 0) is 0 Å². The van der Waals surface area contributed by atoms with Gasteiger partial charge in [0.2, 0.25) is 0 Å². The number of hydrogen-bond donors (Lipinski definition) is 2. The second-order valence-electron chi connectivity index (χ2n) is 4.86. The van der Waals surface area contributed by atoms with Crippen molar-refractivity contribution in [2.75, 3.05) is 11.9 Å². The molecule has 0 heterocycles. The third-order valence-electron chi connectivity index (χ3n) is 2.68. The Morgan fingerprint density at radius 2 is 2.11 bits per heavy atom. The van der Waals surface area contributed by atoms with Gasteiger partial charge in [0.25, 0.3) is 5.69 Å². The topological polar surface area (TPSA) is 75.4 Å². The lowest BCUT2D eigenvalue weighted by Crippen LogP contribution is -2.32. The van der Waals surface area contributed by atoms with Gasteiger partial charge in [0.05, 0.1) is 11.0 Å². The van der Waals surface area contributed by atoms with Gasteiger partial charge >= 0.3 is 0 Å². The van der Waals surface area contributed by atoms with Crippen LogP contribution >= 0.6 is 0 Å². The van der Waals surface area contributed by atoms with Crippen molar-refractivity contribution >= 4 is 11.4 Å². The first-order valence-corrected chi connectivity index (χ1v) is 5.60. The molecular weight excluding hydrogens is 239 g/mol. The summed E-state index contributed by atoms with van der Waals surface area (Å²) in [4.78, 5) is 10.3. The van der Waals surface area contributed by atoms with Crippen LogP contribution in [0.25, 0.3) is 0 Å². The maximum atomic E-state index is 13.3. The highest BCUT2D eigenvalue weighted by atomic mass is 19.1. The van der Waals surface area contributed by atoms with Crippen LogP contribution in [0.3, 0.4) is 0 Å². The summed E-state index contributed by atoms with van der Waals surface area (Å²) >= 11 is 0. The standard InChI is InChI=1S/C12H17FN2O3/c1-8-6-10(14-12(2,3)4-5-16)11(15(17)18)7-9(8)13/h6-7,14,16H,4-5H2,1-3H3. The molecule has 0 saturated heterocycles. The van der Waals surface area contributed by atoms with E-state index >= 15 is 0 Å². The average molecular weight is 256 g/mol. The molecule has 0 fully saturated rings. The largest absolute Gasteiger partial charge is 0.396 e. The summed E-state index contributed by atoms with van der Waals surface area (Å²) < 4.78 is 13.3. The molecule has 0 saturated carbocycles. The van der Waals surface area contributed by atoms with E-state index in [2.05, 4.69) is 5.32 Å². The van der Waals surface area contributed by atoms with Crippen molar-refractivity contribution in [2.45, 2.75) is 32.7 Å². The van der Waals surface area contributed by atoms with Crippen molar-refractivity contribution < 1.29 is 14.4 Å². The van der Waals surface area contributed by atoms with Crippen LogP contribution in [0.1, 0.15) is 25.8 Å². The van der Waals surface area contributed by atoms with E-state index in [4.69, 9.17) is 5.11 Å². The molecule has 0 spiro atoms. The molecule has 0 bridgehead atoms. The zero-order valence-corrected chi connectivity index (χ0v) is 10.7. The van der Waals surface area contributed by atoms with Crippen LogP contribution in [0.4, 0.5) is 15.8 Å². The van der Waals surface area contributed by atoms with Gasteiger partial charge in [0.15, 0.2) is 0 Å². The minimum atomic E-state index is -0.625. The number of nitrogens with zero attached hydrogens (tertiary/aromatic N) is 1. The minimum absolute atomic E-state index is 0.0338. The molecule has 1 rings (SSSR count). The number of anilines is 1. The number of nitro groups is 1. The van der Waals surface area contributed by atoms with Crippen molar-refractivity contribution in [2.24, 2.45) is 0 Å². The molecule has 2 N–H and O–H groups in total. The van der Waals surface area contributed by atoms with Gasteiger partial charge < -0.3 is 10.4 Å². The van der Waals surface area contributed by atoms with Crippen LogP contribution in [0.2, 0.25) is 0 Å². The van der Waals surface area contributed by atoms with Crippen molar-refractivity contribution in [1.29, 1.82) is 0 Å². The molecule has 5 nitrogen and oxygen atoms in total. The molecule has 0 aliphatic carbocycles. The van der Waals surface area contributed by atoms with E-state index in [0.29, 0.717) is 12.0 Å². The van der Waals surface area contributed by atoms with Gasteiger partial charge in [-0.3, -0.25) is 10.1 Å². The summed E-state index contributed by atoms with van der Waals surface area (Å²) in [6.45, 7) is 5.13. The number of nitrogens with one attached hydrogen (secondary N) is 1. The number of halogens is 1. The third-order valence-corrected chi connectivity index (χ3v) is 2.68. The Hall–Kier alpha value is -1.69. The van der Waals surface area contributed by atoms with E-state index < -0.39 is 16.3 Å². The van der Waals surface area contributed by atoms with E-state index in [-0.39, 0.29) is 18.0 Å². The predicted octanol–water partition coefficient (Wildman–Crippen LogP) is 2.62. The van der Waals surface area contributed by atoms with Crippen molar-refractivity contribution in [3.63, 3.8) is 0 Å². The van der Waals surface area contributed by atoms with Gasteiger partial charge in [-0.15, -0.1) is 0 Å². The molecule has 100 valence electrons. The molecule has 0 aliphatic heterocycles. The average Bonchev–Trinajstić information content (AvgIpc) is 2.22. The summed E-state index contributed by atoms with van der Waals surface area (Å²) in [5.74, 6) is -0.604. The molecule has 0 unspecified atom stereocenters. The normalized spacial score (nSPS) is 11.4. The molecule has 1 aromatic carbocycles. The highest BCUT2D eigenvalue weighted by Crippen LogP contribution is 2.30. The molecule has 0 radical (unpaired) electrons. The third kappa shape index (κ3) is 3.40. The zero-order valence-electron chi connectivity index (χ0n) is 10.7. The zero-order chi connectivity index (χ0) is 13.9. The number of aryl methyl sites for hydroxylation is 1. The Morgan fingerprint density at radius 1 is 1.50 bits per heavy atom. The van der Waals surface area contributed by atoms with Crippen LogP contribution < -0.4 is 5.32 Å². The molecular formula is C12H17FN2O3. The van der Waals surface area contributed by atoms with Crippen molar-refractivity contribution in [3.8, 4) is 0 Å². The van der Waals surface area contributed by atoms with E-state index in [9.17, 15) is 14.5 Å². The molecule has 6 heteroatoms. The highest BCUT2D eigenvalue weighted by Gasteiger charge is 2.23. The Kier molecular flexibility index (Phi) is 4.24. The van der Waals surface area contributed by atoms with Crippen molar-refractivity contribution in [1.82, 2.24) is 0 Å². The first kappa shape index (κ1) is 14.4. The lowest BCUT2D eigenvalue weighted by atomic mass is 10.00.